The Bertz CT molecular complexity index is 555. The van der Waals surface area contributed by atoms with Gasteiger partial charge in [-0.15, -0.1) is 0 Å². The number of anilines is 1. The molecule has 0 bridgehead atoms. The molecule has 17 heavy (non-hydrogen) atoms. The van der Waals surface area contributed by atoms with Crippen LogP contribution in [0.1, 0.15) is 6.42 Å². The van der Waals surface area contributed by atoms with Gasteiger partial charge in [0.2, 0.25) is 5.91 Å². The van der Waals surface area contributed by atoms with Gasteiger partial charge in [0.05, 0.1) is 6.07 Å². The van der Waals surface area contributed by atoms with Gasteiger partial charge >= 0.3 is 0 Å². The zero-order chi connectivity index (χ0) is 12.1. The molecular formula is C13H10N2OS. The van der Waals surface area contributed by atoms with Gasteiger partial charge in [-0.3, -0.25) is 4.79 Å². The number of carbonyl (C=O) groups is 1. The van der Waals surface area contributed by atoms with E-state index in [1.54, 1.807) is 11.3 Å². The number of para-hydroxylation sites is 1. The van der Waals surface area contributed by atoms with Crippen LogP contribution in [0, 0.1) is 11.3 Å². The molecule has 0 aliphatic carbocycles. The van der Waals surface area contributed by atoms with Crippen molar-refractivity contribution in [3.63, 3.8) is 0 Å². The molecule has 0 fully saturated rings. The maximum atomic E-state index is 11.4. The van der Waals surface area contributed by atoms with Crippen LogP contribution < -0.4 is 5.32 Å². The molecule has 0 saturated carbocycles. The van der Waals surface area contributed by atoms with Gasteiger partial charge in [0.25, 0.3) is 0 Å². The first-order chi connectivity index (χ1) is 8.31. The van der Waals surface area contributed by atoms with Gasteiger partial charge < -0.3 is 5.32 Å². The predicted octanol–water partition coefficient (Wildman–Crippen LogP) is 3.27. The Morgan fingerprint density at radius 1 is 1.35 bits per heavy atom. The van der Waals surface area contributed by atoms with Crippen molar-refractivity contribution in [2.45, 2.75) is 6.42 Å². The third-order valence-electron chi connectivity index (χ3n) is 2.27. The molecule has 1 N–H and O–H groups in total. The third-order valence-corrected chi connectivity index (χ3v) is 2.96. The molecule has 0 atom stereocenters. The second kappa shape index (κ2) is 5.28. The van der Waals surface area contributed by atoms with Crippen LogP contribution in [0.5, 0.6) is 0 Å². The van der Waals surface area contributed by atoms with E-state index in [0.717, 1.165) is 16.8 Å². The monoisotopic (exact) mass is 242 g/mol. The average Bonchev–Trinajstić information content (AvgIpc) is 2.83. The van der Waals surface area contributed by atoms with E-state index < -0.39 is 0 Å². The normalized spacial score (nSPS) is 9.59. The van der Waals surface area contributed by atoms with Gasteiger partial charge in [-0.05, 0) is 28.5 Å². The van der Waals surface area contributed by atoms with Crippen molar-refractivity contribution < 1.29 is 4.79 Å². The van der Waals surface area contributed by atoms with Crippen molar-refractivity contribution in [3.05, 3.63) is 41.1 Å². The van der Waals surface area contributed by atoms with Crippen molar-refractivity contribution in [2.24, 2.45) is 0 Å². The standard InChI is InChI=1S/C13H10N2OS/c14-7-5-13(16)15-12-4-2-1-3-11(12)10-6-8-17-9-10/h1-4,6,8-9H,5H2,(H,15,16). The Hall–Kier alpha value is -2.12. The first kappa shape index (κ1) is 11.4. The Kier molecular flexibility index (Phi) is 3.53. The fourth-order valence-corrected chi connectivity index (χ4v) is 2.18. The Morgan fingerprint density at radius 3 is 2.88 bits per heavy atom. The number of rotatable bonds is 3. The molecule has 1 heterocycles. The number of benzene rings is 1. The molecule has 0 unspecified atom stereocenters. The molecule has 84 valence electrons. The molecule has 0 spiro atoms. The summed E-state index contributed by atoms with van der Waals surface area (Å²) < 4.78 is 0. The lowest BCUT2D eigenvalue weighted by Gasteiger charge is -2.08. The van der Waals surface area contributed by atoms with E-state index in [1.165, 1.54) is 0 Å². The van der Waals surface area contributed by atoms with E-state index in [4.69, 9.17) is 5.26 Å². The van der Waals surface area contributed by atoms with E-state index in [9.17, 15) is 4.79 Å². The van der Waals surface area contributed by atoms with Crippen LogP contribution in [0.15, 0.2) is 41.1 Å². The molecule has 2 aromatic rings. The van der Waals surface area contributed by atoms with Crippen LogP contribution >= 0.6 is 11.3 Å². The van der Waals surface area contributed by atoms with Crippen molar-refractivity contribution in [2.75, 3.05) is 5.32 Å². The van der Waals surface area contributed by atoms with Gasteiger partial charge in [0, 0.05) is 11.3 Å². The SMILES string of the molecule is N#CCC(=O)Nc1ccccc1-c1ccsc1. The highest BCUT2D eigenvalue weighted by molar-refractivity contribution is 7.08. The summed E-state index contributed by atoms with van der Waals surface area (Å²) >= 11 is 1.61. The molecule has 4 heteroatoms. The minimum atomic E-state index is -0.282. The van der Waals surface area contributed by atoms with Crippen molar-refractivity contribution in [1.82, 2.24) is 0 Å². The smallest absolute Gasteiger partial charge is 0.238 e. The minimum absolute atomic E-state index is 0.127. The fraction of sp³-hybridized carbons (Fsp3) is 0.0769. The average molecular weight is 242 g/mol. The van der Waals surface area contributed by atoms with Gasteiger partial charge in [0.15, 0.2) is 0 Å². The Labute approximate surface area is 103 Å². The van der Waals surface area contributed by atoms with Gasteiger partial charge in [-0.25, -0.2) is 0 Å². The molecule has 3 nitrogen and oxygen atoms in total. The topological polar surface area (TPSA) is 52.9 Å². The van der Waals surface area contributed by atoms with Gasteiger partial charge in [0.1, 0.15) is 6.42 Å². The number of amides is 1. The predicted molar refractivity (Wildman–Crippen MR) is 68.6 cm³/mol. The summed E-state index contributed by atoms with van der Waals surface area (Å²) in [7, 11) is 0. The highest BCUT2D eigenvalue weighted by atomic mass is 32.1. The zero-order valence-corrected chi connectivity index (χ0v) is 9.83. The summed E-state index contributed by atoms with van der Waals surface area (Å²) in [6.45, 7) is 0. The quantitative estimate of drug-likeness (QED) is 0.898. The van der Waals surface area contributed by atoms with Crippen LogP contribution in [0.4, 0.5) is 5.69 Å². The number of nitrogens with one attached hydrogen (secondary N) is 1. The second-order valence-electron chi connectivity index (χ2n) is 3.44. The molecular weight excluding hydrogens is 232 g/mol. The summed E-state index contributed by atoms with van der Waals surface area (Å²) in [4.78, 5) is 11.4. The number of carbonyl (C=O) groups excluding carboxylic acids is 1. The van der Waals surface area contributed by atoms with Crippen molar-refractivity contribution in [3.8, 4) is 17.2 Å². The first-order valence-corrected chi connectivity index (χ1v) is 6.04. The molecule has 1 aromatic carbocycles. The van der Waals surface area contributed by atoms with Crippen LogP contribution in [0.25, 0.3) is 11.1 Å². The lowest BCUT2D eigenvalue weighted by atomic mass is 10.1. The molecule has 1 amide bonds. The summed E-state index contributed by atoms with van der Waals surface area (Å²) in [5.74, 6) is -0.282. The number of hydrogen-bond donors (Lipinski definition) is 1. The maximum absolute atomic E-state index is 11.4. The van der Waals surface area contributed by atoms with Crippen LogP contribution in [-0.4, -0.2) is 5.91 Å². The van der Waals surface area contributed by atoms with Gasteiger partial charge in [-0.2, -0.15) is 16.6 Å². The highest BCUT2D eigenvalue weighted by Gasteiger charge is 2.07. The minimum Gasteiger partial charge on any atom is -0.325 e. The van der Waals surface area contributed by atoms with Crippen LogP contribution in [0.3, 0.4) is 0 Å². The summed E-state index contributed by atoms with van der Waals surface area (Å²) in [5, 5.41) is 15.2. The number of nitrogens with zero attached hydrogens (tertiary/aromatic N) is 1. The number of hydrogen-bond acceptors (Lipinski definition) is 3. The molecule has 0 radical (unpaired) electrons. The molecule has 0 aliphatic rings. The van der Waals surface area contributed by atoms with Crippen molar-refractivity contribution >= 4 is 22.9 Å². The van der Waals surface area contributed by atoms with Crippen molar-refractivity contribution in [1.29, 1.82) is 5.26 Å². The van der Waals surface area contributed by atoms with E-state index in [-0.39, 0.29) is 12.3 Å². The molecule has 0 saturated heterocycles. The summed E-state index contributed by atoms with van der Waals surface area (Å²) in [5.41, 5.74) is 2.79. The Balaban J connectivity index is 2.29. The fourth-order valence-electron chi connectivity index (χ4n) is 1.53. The maximum Gasteiger partial charge on any atom is 0.238 e. The van der Waals surface area contributed by atoms with E-state index in [2.05, 4.69) is 5.32 Å². The summed E-state index contributed by atoms with van der Waals surface area (Å²) in [6.07, 6.45) is -0.127. The first-order valence-electron chi connectivity index (χ1n) is 5.09. The van der Waals surface area contributed by atoms with E-state index >= 15 is 0 Å². The van der Waals surface area contributed by atoms with Crippen LogP contribution in [0.2, 0.25) is 0 Å². The molecule has 1 aromatic heterocycles. The van der Waals surface area contributed by atoms with Crippen LogP contribution in [-0.2, 0) is 4.79 Å². The number of nitriles is 1. The van der Waals surface area contributed by atoms with E-state index in [1.807, 2.05) is 47.2 Å². The molecule has 0 aliphatic heterocycles. The Morgan fingerprint density at radius 2 is 2.18 bits per heavy atom. The third kappa shape index (κ3) is 2.71. The second-order valence-corrected chi connectivity index (χ2v) is 4.22. The van der Waals surface area contributed by atoms with Gasteiger partial charge in [-0.1, -0.05) is 18.2 Å². The summed E-state index contributed by atoms with van der Waals surface area (Å²) in [6, 6.07) is 11.4. The zero-order valence-electron chi connectivity index (χ0n) is 9.01. The molecule has 2 rings (SSSR count). The largest absolute Gasteiger partial charge is 0.325 e. The van der Waals surface area contributed by atoms with E-state index in [0.29, 0.717) is 0 Å². The lowest BCUT2D eigenvalue weighted by Crippen LogP contribution is -2.10. The lowest BCUT2D eigenvalue weighted by molar-refractivity contribution is -0.115. The highest BCUT2D eigenvalue weighted by Crippen LogP contribution is 2.29. The number of thiophene rings is 1.